The molecule has 4 rings (SSSR count). The number of carbonyl (C=O) groups excluding carboxylic acids is 2. The number of ether oxygens (including phenoxy) is 1. The number of amides is 1. The molecule has 0 unspecified atom stereocenters. The van der Waals surface area contributed by atoms with E-state index in [1.54, 1.807) is 10.8 Å². The van der Waals surface area contributed by atoms with Gasteiger partial charge in [0.15, 0.2) is 5.69 Å². The summed E-state index contributed by atoms with van der Waals surface area (Å²) in [6, 6.07) is 15.6. The van der Waals surface area contributed by atoms with E-state index in [-0.39, 0.29) is 24.6 Å². The molecule has 2 aromatic heterocycles. The van der Waals surface area contributed by atoms with Gasteiger partial charge >= 0.3 is 5.97 Å². The largest absolute Gasteiger partial charge is 0.454 e. The van der Waals surface area contributed by atoms with Gasteiger partial charge in [0.1, 0.15) is 16.6 Å². The smallest absolute Gasteiger partial charge is 0.358 e. The maximum atomic E-state index is 12.4. The number of carbonyl (C=O) groups is 2. The average molecular weight is 464 g/mol. The fourth-order valence-electron chi connectivity index (χ4n) is 2.89. The van der Waals surface area contributed by atoms with Crippen LogP contribution in [0.4, 0.5) is 5.69 Å². The van der Waals surface area contributed by atoms with Crippen molar-refractivity contribution in [3.63, 3.8) is 0 Å². The fraction of sp³-hybridized carbons (Fsp3) is 0.167. The lowest BCUT2D eigenvalue weighted by atomic mass is 10.2. The van der Waals surface area contributed by atoms with Gasteiger partial charge in [-0.25, -0.2) is 14.8 Å². The molecule has 1 amide bonds. The van der Waals surface area contributed by atoms with E-state index < -0.39 is 5.97 Å². The van der Waals surface area contributed by atoms with Crippen molar-refractivity contribution in [1.29, 1.82) is 0 Å². The number of hydrogen-bond acceptors (Lipinski definition) is 7. The zero-order valence-corrected chi connectivity index (χ0v) is 19.3. The molecule has 0 atom stereocenters. The van der Waals surface area contributed by atoms with E-state index in [1.165, 1.54) is 28.2 Å². The molecule has 0 radical (unpaired) electrons. The predicted molar refractivity (Wildman–Crippen MR) is 127 cm³/mol. The zero-order valence-electron chi connectivity index (χ0n) is 17.6. The lowest BCUT2D eigenvalue weighted by molar-refractivity contribution is -0.115. The second kappa shape index (κ2) is 9.84. The highest BCUT2D eigenvalue weighted by Crippen LogP contribution is 2.24. The Labute approximate surface area is 193 Å². The summed E-state index contributed by atoms with van der Waals surface area (Å²) in [5, 5.41) is 7.77. The molecule has 0 spiro atoms. The van der Waals surface area contributed by atoms with E-state index in [0.29, 0.717) is 10.7 Å². The molecule has 0 bridgehead atoms. The summed E-state index contributed by atoms with van der Waals surface area (Å²) in [6.45, 7) is 4.05. The number of nitrogens with one attached hydrogen (secondary N) is 1. The fourth-order valence-corrected chi connectivity index (χ4v) is 4.46. The van der Waals surface area contributed by atoms with Crippen LogP contribution in [0.5, 0.6) is 0 Å². The van der Waals surface area contributed by atoms with Crippen LogP contribution in [0.1, 0.15) is 32.3 Å². The maximum absolute atomic E-state index is 12.4. The minimum absolute atomic E-state index is 0.0340. The molecule has 8 heteroatoms. The first-order chi connectivity index (χ1) is 15.5. The Morgan fingerprint density at radius 2 is 1.59 bits per heavy atom. The van der Waals surface area contributed by atoms with Crippen LogP contribution in [-0.4, -0.2) is 21.8 Å². The van der Waals surface area contributed by atoms with Crippen molar-refractivity contribution >= 4 is 40.2 Å². The van der Waals surface area contributed by atoms with Gasteiger partial charge in [-0.05, 0) is 26.0 Å². The lowest BCUT2D eigenvalue weighted by Crippen LogP contribution is -2.14. The molecule has 0 aliphatic heterocycles. The quantitative estimate of drug-likeness (QED) is 0.370. The molecule has 0 aliphatic carbocycles. The third-order valence-corrected chi connectivity index (χ3v) is 6.40. The molecule has 2 heterocycles. The summed E-state index contributed by atoms with van der Waals surface area (Å²) in [4.78, 5) is 33.4. The van der Waals surface area contributed by atoms with Crippen LogP contribution in [0, 0.1) is 13.8 Å². The standard InChI is InChI=1S/C24H21N3O3S2/c1-15-3-7-17(8-4-15)23-27-20(14-32-23)24(29)30-12-19-13-31-22(26-19)11-21(28)25-18-9-5-16(2)6-10-18/h3-10,13-14H,11-12H2,1-2H3,(H,25,28). The van der Waals surface area contributed by atoms with Crippen LogP contribution >= 0.6 is 22.7 Å². The Bertz CT molecular complexity index is 1230. The number of rotatable bonds is 7. The summed E-state index contributed by atoms with van der Waals surface area (Å²) in [5.74, 6) is -0.635. The third kappa shape index (κ3) is 5.66. The van der Waals surface area contributed by atoms with Gasteiger partial charge in [-0.1, -0.05) is 47.5 Å². The summed E-state index contributed by atoms with van der Waals surface area (Å²) < 4.78 is 5.36. The number of aryl methyl sites for hydroxylation is 2. The Morgan fingerprint density at radius 1 is 0.906 bits per heavy atom. The number of anilines is 1. The van der Waals surface area contributed by atoms with Crippen LogP contribution in [0.25, 0.3) is 10.6 Å². The molecule has 0 saturated carbocycles. The van der Waals surface area contributed by atoms with E-state index in [2.05, 4.69) is 15.3 Å². The molecular formula is C24H21N3O3S2. The normalized spacial score (nSPS) is 10.7. The van der Waals surface area contributed by atoms with Gasteiger partial charge in [-0.2, -0.15) is 0 Å². The average Bonchev–Trinajstić information content (AvgIpc) is 3.44. The second-order valence-corrected chi connectivity index (χ2v) is 9.10. The van der Waals surface area contributed by atoms with Crippen LogP contribution < -0.4 is 5.32 Å². The molecule has 2 aromatic carbocycles. The molecule has 1 N–H and O–H groups in total. The highest BCUT2D eigenvalue weighted by atomic mass is 32.1. The highest BCUT2D eigenvalue weighted by Gasteiger charge is 2.15. The molecule has 162 valence electrons. The van der Waals surface area contributed by atoms with E-state index >= 15 is 0 Å². The Kier molecular flexibility index (Phi) is 6.72. The highest BCUT2D eigenvalue weighted by molar-refractivity contribution is 7.13. The third-order valence-electron chi connectivity index (χ3n) is 4.61. The molecule has 6 nitrogen and oxygen atoms in total. The van der Waals surface area contributed by atoms with Crippen LogP contribution in [0.2, 0.25) is 0 Å². The number of thiazole rings is 2. The van der Waals surface area contributed by atoms with Crippen molar-refractivity contribution in [1.82, 2.24) is 9.97 Å². The van der Waals surface area contributed by atoms with Gasteiger partial charge in [0.25, 0.3) is 0 Å². The first-order valence-corrected chi connectivity index (χ1v) is 11.7. The van der Waals surface area contributed by atoms with Crippen LogP contribution in [0.3, 0.4) is 0 Å². The number of aromatic nitrogens is 2. The minimum Gasteiger partial charge on any atom is -0.454 e. The molecule has 0 aliphatic rings. The zero-order chi connectivity index (χ0) is 22.5. The first-order valence-electron chi connectivity index (χ1n) is 9.96. The van der Waals surface area contributed by atoms with Gasteiger partial charge in [0.05, 0.1) is 12.1 Å². The molecule has 32 heavy (non-hydrogen) atoms. The summed E-state index contributed by atoms with van der Waals surface area (Å²) >= 11 is 2.76. The van der Waals surface area contributed by atoms with Gasteiger partial charge < -0.3 is 10.1 Å². The maximum Gasteiger partial charge on any atom is 0.358 e. The number of esters is 1. The van der Waals surface area contributed by atoms with Gasteiger partial charge in [-0.15, -0.1) is 22.7 Å². The van der Waals surface area contributed by atoms with Gasteiger partial charge in [0, 0.05) is 22.0 Å². The Balaban J connectivity index is 1.29. The predicted octanol–water partition coefficient (Wildman–Crippen LogP) is 5.42. The SMILES string of the molecule is Cc1ccc(NC(=O)Cc2nc(COC(=O)c3csc(-c4ccc(C)cc4)n3)cs2)cc1. The topological polar surface area (TPSA) is 81.2 Å². The summed E-state index contributed by atoms with van der Waals surface area (Å²) in [6.07, 6.45) is 0.165. The summed E-state index contributed by atoms with van der Waals surface area (Å²) in [7, 11) is 0. The van der Waals surface area contributed by atoms with E-state index in [0.717, 1.165) is 21.8 Å². The van der Waals surface area contributed by atoms with Crippen molar-refractivity contribution in [3.05, 3.63) is 86.8 Å². The molecule has 0 saturated heterocycles. The van der Waals surface area contributed by atoms with E-state index in [9.17, 15) is 9.59 Å². The van der Waals surface area contributed by atoms with Crippen LogP contribution in [0.15, 0.2) is 59.3 Å². The number of benzene rings is 2. The second-order valence-electron chi connectivity index (χ2n) is 7.30. The Morgan fingerprint density at radius 3 is 2.31 bits per heavy atom. The van der Waals surface area contributed by atoms with Crippen LogP contribution in [-0.2, 0) is 22.6 Å². The van der Waals surface area contributed by atoms with Crippen molar-refractivity contribution < 1.29 is 14.3 Å². The molecule has 4 aromatic rings. The molecular weight excluding hydrogens is 442 g/mol. The minimum atomic E-state index is -0.494. The van der Waals surface area contributed by atoms with E-state index in [1.807, 2.05) is 62.4 Å². The lowest BCUT2D eigenvalue weighted by Gasteiger charge is -2.04. The molecule has 0 fully saturated rings. The monoisotopic (exact) mass is 463 g/mol. The first kappa shape index (κ1) is 21.9. The van der Waals surface area contributed by atoms with Gasteiger partial charge in [0.2, 0.25) is 5.91 Å². The van der Waals surface area contributed by atoms with Crippen molar-refractivity contribution in [2.45, 2.75) is 26.9 Å². The van der Waals surface area contributed by atoms with Crippen molar-refractivity contribution in [3.8, 4) is 10.6 Å². The van der Waals surface area contributed by atoms with Crippen molar-refractivity contribution in [2.75, 3.05) is 5.32 Å². The van der Waals surface area contributed by atoms with E-state index in [4.69, 9.17) is 4.74 Å². The Hall–Kier alpha value is -3.36. The van der Waals surface area contributed by atoms with Gasteiger partial charge in [-0.3, -0.25) is 4.79 Å². The number of hydrogen-bond donors (Lipinski definition) is 1. The summed E-state index contributed by atoms with van der Waals surface area (Å²) in [5.41, 5.74) is 4.90. The van der Waals surface area contributed by atoms with Crippen molar-refractivity contribution in [2.24, 2.45) is 0 Å². The number of nitrogens with zero attached hydrogens (tertiary/aromatic N) is 2.